The Morgan fingerprint density at radius 1 is 1.00 bits per heavy atom. The highest BCUT2D eigenvalue weighted by atomic mass is 32.1. The zero-order valence-electron chi connectivity index (χ0n) is 19.9. The second kappa shape index (κ2) is 10.8. The average molecular weight is 456 g/mol. The summed E-state index contributed by atoms with van der Waals surface area (Å²) in [6.07, 6.45) is 0.849. The molecule has 6 nitrogen and oxygen atoms in total. The molecule has 1 aromatic heterocycles. The van der Waals surface area contributed by atoms with E-state index in [1.807, 2.05) is 34.0 Å². The van der Waals surface area contributed by atoms with E-state index in [9.17, 15) is 4.79 Å². The van der Waals surface area contributed by atoms with Crippen molar-refractivity contribution in [1.29, 1.82) is 0 Å². The fourth-order valence-corrected chi connectivity index (χ4v) is 4.55. The van der Waals surface area contributed by atoms with Gasteiger partial charge < -0.3 is 14.4 Å². The van der Waals surface area contributed by atoms with Gasteiger partial charge in [-0.1, -0.05) is 17.4 Å². The van der Waals surface area contributed by atoms with Crippen LogP contribution in [0.15, 0.2) is 30.3 Å². The van der Waals surface area contributed by atoms with Crippen molar-refractivity contribution in [3.05, 3.63) is 47.0 Å². The quantitative estimate of drug-likeness (QED) is 0.415. The SMILES string of the molecule is CCOc1ccc(C(=O)N(CCCN(C)C)c2nc3c(C)c(C)ccc3s2)cc1OCC. The van der Waals surface area contributed by atoms with Crippen molar-refractivity contribution >= 4 is 32.6 Å². The van der Waals surface area contributed by atoms with E-state index >= 15 is 0 Å². The topological polar surface area (TPSA) is 54.9 Å². The molecule has 32 heavy (non-hydrogen) atoms. The Morgan fingerprint density at radius 3 is 2.41 bits per heavy atom. The number of hydrogen-bond donors (Lipinski definition) is 0. The molecular formula is C25H33N3O3S. The van der Waals surface area contributed by atoms with Gasteiger partial charge in [0.25, 0.3) is 5.91 Å². The summed E-state index contributed by atoms with van der Waals surface area (Å²) in [5.41, 5.74) is 3.89. The molecule has 0 fully saturated rings. The first-order valence-electron chi connectivity index (χ1n) is 11.1. The van der Waals surface area contributed by atoms with Gasteiger partial charge in [-0.3, -0.25) is 9.69 Å². The number of hydrogen-bond acceptors (Lipinski definition) is 6. The first-order chi connectivity index (χ1) is 15.3. The van der Waals surface area contributed by atoms with Crippen LogP contribution in [0.1, 0.15) is 41.8 Å². The van der Waals surface area contributed by atoms with Crippen LogP contribution < -0.4 is 14.4 Å². The van der Waals surface area contributed by atoms with Gasteiger partial charge in [-0.2, -0.15) is 0 Å². The second-order valence-electron chi connectivity index (χ2n) is 7.99. The lowest BCUT2D eigenvalue weighted by atomic mass is 10.1. The second-order valence-corrected chi connectivity index (χ2v) is 9.00. The zero-order valence-corrected chi connectivity index (χ0v) is 20.7. The van der Waals surface area contributed by atoms with Gasteiger partial charge >= 0.3 is 0 Å². The maximum Gasteiger partial charge on any atom is 0.260 e. The summed E-state index contributed by atoms with van der Waals surface area (Å²) in [6.45, 7) is 10.5. The van der Waals surface area contributed by atoms with Crippen LogP contribution in [0.4, 0.5) is 5.13 Å². The van der Waals surface area contributed by atoms with Crippen molar-refractivity contribution < 1.29 is 14.3 Å². The summed E-state index contributed by atoms with van der Waals surface area (Å²) >= 11 is 1.56. The molecule has 1 heterocycles. The predicted molar refractivity (Wildman–Crippen MR) is 133 cm³/mol. The van der Waals surface area contributed by atoms with Gasteiger partial charge in [0, 0.05) is 12.1 Å². The highest BCUT2D eigenvalue weighted by molar-refractivity contribution is 7.22. The van der Waals surface area contributed by atoms with E-state index in [-0.39, 0.29) is 5.91 Å². The maximum atomic E-state index is 13.7. The molecule has 0 radical (unpaired) electrons. The molecule has 0 bridgehead atoms. The highest BCUT2D eigenvalue weighted by Gasteiger charge is 2.23. The summed E-state index contributed by atoms with van der Waals surface area (Å²) in [7, 11) is 4.08. The molecular weight excluding hydrogens is 422 g/mol. The van der Waals surface area contributed by atoms with Gasteiger partial charge in [0.05, 0.1) is 23.4 Å². The largest absolute Gasteiger partial charge is 0.490 e. The van der Waals surface area contributed by atoms with Crippen molar-refractivity contribution in [2.24, 2.45) is 0 Å². The third kappa shape index (κ3) is 5.40. The van der Waals surface area contributed by atoms with Crippen LogP contribution in [0, 0.1) is 13.8 Å². The Morgan fingerprint density at radius 2 is 1.72 bits per heavy atom. The Hall–Kier alpha value is -2.64. The van der Waals surface area contributed by atoms with Crippen molar-refractivity contribution in [2.45, 2.75) is 34.1 Å². The van der Waals surface area contributed by atoms with Gasteiger partial charge in [0.1, 0.15) is 0 Å². The molecule has 0 N–H and O–H groups in total. The number of benzene rings is 2. The Bertz CT molecular complexity index is 1080. The predicted octanol–water partition coefficient (Wildman–Crippen LogP) is 5.31. The van der Waals surface area contributed by atoms with Crippen molar-refractivity contribution in [2.75, 3.05) is 45.3 Å². The third-order valence-corrected chi connectivity index (χ3v) is 6.37. The first-order valence-corrected chi connectivity index (χ1v) is 11.9. The minimum Gasteiger partial charge on any atom is -0.490 e. The van der Waals surface area contributed by atoms with E-state index in [0.717, 1.165) is 33.9 Å². The molecule has 3 aromatic rings. The lowest BCUT2D eigenvalue weighted by Gasteiger charge is -2.22. The van der Waals surface area contributed by atoms with Crippen LogP contribution in [0.2, 0.25) is 0 Å². The number of aromatic nitrogens is 1. The third-order valence-electron chi connectivity index (χ3n) is 5.33. The average Bonchev–Trinajstić information content (AvgIpc) is 3.19. The van der Waals surface area contributed by atoms with Crippen molar-refractivity contribution in [1.82, 2.24) is 9.88 Å². The molecule has 0 atom stereocenters. The van der Waals surface area contributed by atoms with Gasteiger partial charge in [0.2, 0.25) is 0 Å². The van der Waals surface area contributed by atoms with E-state index < -0.39 is 0 Å². The summed E-state index contributed by atoms with van der Waals surface area (Å²) < 4.78 is 12.5. The summed E-state index contributed by atoms with van der Waals surface area (Å²) in [6, 6.07) is 9.59. The van der Waals surface area contributed by atoms with Crippen LogP contribution in [-0.2, 0) is 0 Å². The van der Waals surface area contributed by atoms with Crippen LogP contribution >= 0.6 is 11.3 Å². The summed E-state index contributed by atoms with van der Waals surface area (Å²) in [5.74, 6) is 1.15. The minimum atomic E-state index is -0.0822. The lowest BCUT2D eigenvalue weighted by molar-refractivity contribution is 0.0985. The number of nitrogens with zero attached hydrogens (tertiary/aromatic N) is 3. The molecule has 0 saturated carbocycles. The van der Waals surface area contributed by atoms with Crippen molar-refractivity contribution in [3.63, 3.8) is 0 Å². The number of aryl methyl sites for hydroxylation is 2. The normalized spacial score (nSPS) is 11.2. The number of amides is 1. The van der Waals surface area contributed by atoms with Gasteiger partial charge in [0.15, 0.2) is 16.6 Å². The zero-order chi connectivity index (χ0) is 23.3. The molecule has 7 heteroatoms. The van der Waals surface area contributed by atoms with E-state index in [1.54, 1.807) is 28.4 Å². The fourth-order valence-electron chi connectivity index (χ4n) is 3.50. The van der Waals surface area contributed by atoms with E-state index in [0.29, 0.717) is 36.8 Å². The number of anilines is 1. The summed E-state index contributed by atoms with van der Waals surface area (Å²) in [5, 5.41) is 0.726. The summed E-state index contributed by atoms with van der Waals surface area (Å²) in [4.78, 5) is 22.5. The number of thiazole rings is 1. The molecule has 0 saturated heterocycles. The Labute approximate surface area is 194 Å². The molecule has 0 aliphatic heterocycles. The monoisotopic (exact) mass is 455 g/mol. The molecule has 0 aliphatic rings. The van der Waals surface area contributed by atoms with Gasteiger partial charge in [-0.25, -0.2) is 4.98 Å². The van der Waals surface area contributed by atoms with E-state index in [2.05, 4.69) is 30.9 Å². The minimum absolute atomic E-state index is 0.0822. The Balaban J connectivity index is 1.99. The van der Waals surface area contributed by atoms with E-state index in [4.69, 9.17) is 14.5 Å². The molecule has 1 amide bonds. The molecule has 3 rings (SSSR count). The first kappa shape index (κ1) is 24.0. The van der Waals surface area contributed by atoms with Crippen LogP contribution in [0.5, 0.6) is 11.5 Å². The smallest absolute Gasteiger partial charge is 0.260 e. The highest BCUT2D eigenvalue weighted by Crippen LogP contribution is 2.34. The number of carbonyl (C=O) groups excluding carboxylic acids is 1. The van der Waals surface area contributed by atoms with Gasteiger partial charge in [-0.15, -0.1) is 0 Å². The van der Waals surface area contributed by atoms with Gasteiger partial charge in [-0.05, 0) is 90.1 Å². The van der Waals surface area contributed by atoms with Crippen molar-refractivity contribution in [3.8, 4) is 11.5 Å². The van der Waals surface area contributed by atoms with E-state index in [1.165, 1.54) is 5.56 Å². The molecule has 0 aliphatic carbocycles. The number of rotatable bonds is 10. The number of fused-ring (bicyclic) bond motifs is 1. The standard InChI is InChI=1S/C25H33N3O3S/c1-7-30-20-12-11-19(16-21(20)31-8-2)24(29)28(15-9-14-27(5)6)25-26-23-18(4)17(3)10-13-22(23)32-25/h10-13,16H,7-9,14-15H2,1-6H3. The fraction of sp³-hybridized carbons (Fsp3) is 0.440. The van der Waals surface area contributed by atoms with Crippen LogP contribution in [0.3, 0.4) is 0 Å². The molecule has 0 unspecified atom stereocenters. The number of carbonyl (C=O) groups is 1. The Kier molecular flexibility index (Phi) is 8.10. The lowest BCUT2D eigenvalue weighted by Crippen LogP contribution is -2.33. The molecule has 2 aromatic carbocycles. The maximum absolute atomic E-state index is 13.7. The molecule has 172 valence electrons. The number of ether oxygens (including phenoxy) is 2. The van der Waals surface area contributed by atoms with Crippen LogP contribution in [-0.4, -0.2) is 56.2 Å². The van der Waals surface area contributed by atoms with Crippen LogP contribution in [0.25, 0.3) is 10.2 Å². The molecule has 0 spiro atoms.